The van der Waals surface area contributed by atoms with Crippen molar-refractivity contribution in [3.8, 4) is 0 Å². The topological polar surface area (TPSA) is 30.7 Å². The second-order valence-electron chi connectivity index (χ2n) is 5.48. The molecule has 0 spiro atoms. The van der Waals surface area contributed by atoms with E-state index in [9.17, 15) is 0 Å². The van der Waals surface area contributed by atoms with E-state index in [-0.39, 0.29) is 0 Å². The molecule has 0 aliphatic heterocycles. The molecular weight excluding hydrogens is 210 g/mol. The molecule has 0 saturated heterocycles. The molecule has 15 heavy (non-hydrogen) atoms. The number of rotatable bonds is 3. The minimum atomic E-state index is 0.381. The summed E-state index contributed by atoms with van der Waals surface area (Å²) in [5, 5.41) is 8.60. The quantitative estimate of drug-likeness (QED) is 0.795. The van der Waals surface area contributed by atoms with E-state index in [0.29, 0.717) is 16.6 Å². The molecule has 1 saturated carbocycles. The smallest absolute Gasteiger partial charge is 0.225 e. The summed E-state index contributed by atoms with van der Waals surface area (Å²) in [6.45, 7) is 9.80. The van der Waals surface area contributed by atoms with Crippen LogP contribution in [0.25, 0.3) is 0 Å². The molecule has 1 heterocycles. The first-order chi connectivity index (χ1) is 6.92. The van der Waals surface area contributed by atoms with Gasteiger partial charge in [-0.3, -0.25) is 0 Å². The van der Waals surface area contributed by atoms with Gasteiger partial charge in [-0.1, -0.05) is 27.7 Å². The van der Waals surface area contributed by atoms with E-state index in [2.05, 4.69) is 42.5 Å². The third kappa shape index (κ3) is 2.03. The highest BCUT2D eigenvalue weighted by molar-refractivity contribution is 6.28. The Bertz CT molecular complexity index is 368. The second kappa shape index (κ2) is 3.48. The van der Waals surface area contributed by atoms with Crippen molar-refractivity contribution in [1.82, 2.24) is 14.8 Å². The third-order valence-corrected chi connectivity index (χ3v) is 3.65. The van der Waals surface area contributed by atoms with Crippen LogP contribution in [0, 0.1) is 11.3 Å². The summed E-state index contributed by atoms with van der Waals surface area (Å²) >= 11 is 6.04. The zero-order valence-electron chi connectivity index (χ0n) is 9.79. The van der Waals surface area contributed by atoms with E-state index in [1.54, 1.807) is 0 Å². The van der Waals surface area contributed by atoms with Crippen LogP contribution in [-0.2, 0) is 6.54 Å². The molecule has 0 bridgehead atoms. The Morgan fingerprint density at radius 2 is 2.07 bits per heavy atom. The molecule has 4 heteroatoms. The second-order valence-corrected chi connectivity index (χ2v) is 5.82. The van der Waals surface area contributed by atoms with Gasteiger partial charge in [0.2, 0.25) is 5.28 Å². The summed E-state index contributed by atoms with van der Waals surface area (Å²) in [4.78, 5) is 0. The van der Waals surface area contributed by atoms with E-state index in [1.807, 2.05) is 0 Å². The number of hydrogen-bond acceptors (Lipinski definition) is 2. The summed E-state index contributed by atoms with van der Waals surface area (Å²) in [6, 6.07) is 0. The Morgan fingerprint density at radius 3 is 2.53 bits per heavy atom. The van der Waals surface area contributed by atoms with Gasteiger partial charge in [-0.05, 0) is 29.4 Å². The zero-order chi connectivity index (χ0) is 11.2. The minimum absolute atomic E-state index is 0.381. The fraction of sp³-hybridized carbons (Fsp3) is 0.818. The molecule has 1 atom stereocenters. The molecule has 3 nitrogen and oxygen atoms in total. The van der Waals surface area contributed by atoms with Crippen molar-refractivity contribution in [2.24, 2.45) is 11.3 Å². The number of hydrogen-bond donors (Lipinski definition) is 0. The Hall–Kier alpha value is -0.570. The van der Waals surface area contributed by atoms with Gasteiger partial charge in [0.05, 0.1) is 0 Å². The lowest BCUT2D eigenvalue weighted by molar-refractivity contribution is 0.483. The van der Waals surface area contributed by atoms with Crippen LogP contribution in [0.2, 0.25) is 5.28 Å². The molecule has 1 fully saturated rings. The predicted molar refractivity (Wildman–Crippen MR) is 61.0 cm³/mol. The van der Waals surface area contributed by atoms with Crippen molar-refractivity contribution in [3.05, 3.63) is 11.1 Å². The van der Waals surface area contributed by atoms with Crippen molar-refractivity contribution in [2.45, 2.75) is 46.6 Å². The van der Waals surface area contributed by atoms with E-state index in [0.717, 1.165) is 18.3 Å². The minimum Gasteiger partial charge on any atom is -0.301 e. The lowest BCUT2D eigenvalue weighted by atomic mass is 10.1. The van der Waals surface area contributed by atoms with Crippen LogP contribution in [0.4, 0.5) is 0 Å². The van der Waals surface area contributed by atoms with Gasteiger partial charge in [-0.25, -0.2) is 0 Å². The van der Waals surface area contributed by atoms with Crippen LogP contribution >= 0.6 is 11.6 Å². The lowest BCUT2D eigenvalue weighted by Gasteiger charge is -2.10. The normalized spacial score (nSPS) is 23.5. The SMILES string of the molecule is CC(C)c1nnc(Cl)n1CC1CC1(C)C. The molecule has 1 aromatic heterocycles. The Labute approximate surface area is 95.8 Å². The summed E-state index contributed by atoms with van der Waals surface area (Å²) < 4.78 is 2.06. The molecule has 0 aromatic carbocycles. The van der Waals surface area contributed by atoms with Gasteiger partial charge >= 0.3 is 0 Å². The van der Waals surface area contributed by atoms with Gasteiger partial charge in [0.15, 0.2) is 0 Å². The lowest BCUT2D eigenvalue weighted by Crippen LogP contribution is -2.09. The summed E-state index contributed by atoms with van der Waals surface area (Å²) in [5.74, 6) is 2.11. The average molecular weight is 228 g/mol. The first kappa shape index (κ1) is 10.9. The Morgan fingerprint density at radius 1 is 1.47 bits per heavy atom. The molecule has 1 aromatic rings. The van der Waals surface area contributed by atoms with Gasteiger partial charge in [-0.2, -0.15) is 0 Å². The van der Waals surface area contributed by atoms with Crippen LogP contribution in [0.15, 0.2) is 0 Å². The monoisotopic (exact) mass is 227 g/mol. The molecule has 0 amide bonds. The zero-order valence-corrected chi connectivity index (χ0v) is 10.5. The average Bonchev–Trinajstić information content (AvgIpc) is 2.53. The van der Waals surface area contributed by atoms with Gasteiger partial charge in [0, 0.05) is 12.5 Å². The van der Waals surface area contributed by atoms with E-state index in [1.165, 1.54) is 6.42 Å². The molecule has 0 N–H and O–H groups in total. The van der Waals surface area contributed by atoms with E-state index >= 15 is 0 Å². The molecule has 1 aliphatic carbocycles. The van der Waals surface area contributed by atoms with E-state index < -0.39 is 0 Å². The molecule has 2 rings (SSSR count). The molecule has 1 unspecified atom stereocenters. The Kier molecular flexibility index (Phi) is 2.53. The largest absolute Gasteiger partial charge is 0.301 e. The van der Waals surface area contributed by atoms with Crippen molar-refractivity contribution < 1.29 is 0 Å². The standard InChI is InChI=1S/C11H18ClN3/c1-7(2)9-13-14-10(12)15(9)6-8-5-11(8,3)4/h7-8H,5-6H2,1-4H3. The third-order valence-electron chi connectivity index (χ3n) is 3.37. The summed E-state index contributed by atoms with van der Waals surface area (Å²) in [7, 11) is 0. The molecule has 84 valence electrons. The Balaban J connectivity index is 2.17. The van der Waals surface area contributed by atoms with Crippen LogP contribution < -0.4 is 0 Å². The predicted octanol–water partition coefficient (Wildman–Crippen LogP) is 3.10. The van der Waals surface area contributed by atoms with Crippen molar-refractivity contribution in [3.63, 3.8) is 0 Å². The van der Waals surface area contributed by atoms with Crippen LogP contribution in [0.3, 0.4) is 0 Å². The highest BCUT2D eigenvalue weighted by Crippen LogP contribution is 2.52. The van der Waals surface area contributed by atoms with Crippen LogP contribution in [-0.4, -0.2) is 14.8 Å². The van der Waals surface area contributed by atoms with Gasteiger partial charge in [0.25, 0.3) is 0 Å². The van der Waals surface area contributed by atoms with Crippen molar-refractivity contribution in [1.29, 1.82) is 0 Å². The summed E-state index contributed by atoms with van der Waals surface area (Å²) in [6.07, 6.45) is 1.28. The molecular formula is C11H18ClN3. The highest BCUT2D eigenvalue weighted by Gasteiger charge is 2.46. The maximum Gasteiger partial charge on any atom is 0.225 e. The summed E-state index contributed by atoms with van der Waals surface area (Å²) in [5.41, 5.74) is 0.474. The first-order valence-corrected chi connectivity index (χ1v) is 5.88. The fourth-order valence-electron chi connectivity index (χ4n) is 2.00. The number of halogens is 1. The van der Waals surface area contributed by atoms with Gasteiger partial charge < -0.3 is 4.57 Å². The maximum atomic E-state index is 6.04. The molecule has 0 radical (unpaired) electrons. The van der Waals surface area contributed by atoms with E-state index in [4.69, 9.17) is 11.6 Å². The number of aromatic nitrogens is 3. The first-order valence-electron chi connectivity index (χ1n) is 5.50. The van der Waals surface area contributed by atoms with Gasteiger partial charge in [-0.15, -0.1) is 10.2 Å². The highest BCUT2D eigenvalue weighted by atomic mass is 35.5. The van der Waals surface area contributed by atoms with Crippen LogP contribution in [0.5, 0.6) is 0 Å². The van der Waals surface area contributed by atoms with Crippen molar-refractivity contribution >= 4 is 11.6 Å². The maximum absolute atomic E-state index is 6.04. The van der Waals surface area contributed by atoms with Crippen molar-refractivity contribution in [2.75, 3.05) is 0 Å². The molecule has 1 aliphatic rings. The number of nitrogens with zero attached hydrogens (tertiary/aromatic N) is 3. The van der Waals surface area contributed by atoms with Crippen LogP contribution in [0.1, 0.15) is 45.9 Å². The fourth-order valence-corrected chi connectivity index (χ4v) is 2.19. The van der Waals surface area contributed by atoms with Gasteiger partial charge in [0.1, 0.15) is 5.82 Å².